The van der Waals surface area contributed by atoms with E-state index in [1.54, 1.807) is 54.3 Å². The van der Waals surface area contributed by atoms with Gasteiger partial charge in [0.1, 0.15) is 12.2 Å². The molecule has 0 aliphatic rings. The number of amides is 2. The summed E-state index contributed by atoms with van der Waals surface area (Å²) in [6.45, 7) is 21.2. The molecule has 0 aliphatic heterocycles. The summed E-state index contributed by atoms with van der Waals surface area (Å²) in [4.78, 5) is 36.8. The van der Waals surface area contributed by atoms with Crippen LogP contribution >= 0.6 is 0 Å². The molecule has 0 radical (unpaired) electrons. The summed E-state index contributed by atoms with van der Waals surface area (Å²) in [6, 6.07) is 20.5. The molecule has 0 saturated carbocycles. The van der Waals surface area contributed by atoms with Crippen molar-refractivity contribution < 1.29 is 27.5 Å². The normalized spacial score (nSPS) is 13.0. The molecule has 12 nitrogen and oxygen atoms in total. The van der Waals surface area contributed by atoms with Gasteiger partial charge in [-0.15, -0.1) is 0 Å². The molecule has 2 heterocycles. The molecule has 4 aromatic rings. The Labute approximate surface area is 318 Å². The topological polar surface area (TPSA) is 144 Å². The third-order valence-electron chi connectivity index (χ3n) is 8.29. The molecule has 2 unspecified atom stereocenters. The van der Waals surface area contributed by atoms with Gasteiger partial charge in [0.2, 0.25) is 0 Å². The Morgan fingerprint density at radius 3 is 2.28 bits per heavy atom. The Balaban J connectivity index is 1.42. The van der Waals surface area contributed by atoms with Gasteiger partial charge in [0.25, 0.3) is 10.0 Å². The first-order valence-corrected chi connectivity index (χ1v) is 19.0. The minimum atomic E-state index is -3.87. The van der Waals surface area contributed by atoms with E-state index in [0.717, 1.165) is 5.56 Å². The first-order valence-electron chi connectivity index (χ1n) is 17.6. The predicted octanol–water partition coefficient (Wildman–Crippen LogP) is 8.40. The molecule has 0 saturated heterocycles. The summed E-state index contributed by atoms with van der Waals surface area (Å²) in [7, 11) is -3.87. The van der Waals surface area contributed by atoms with Crippen molar-refractivity contribution in [2.75, 3.05) is 5.32 Å². The highest BCUT2D eigenvalue weighted by atomic mass is 32.2. The van der Waals surface area contributed by atoms with Gasteiger partial charge in [-0.1, -0.05) is 61.7 Å². The van der Waals surface area contributed by atoms with Crippen molar-refractivity contribution >= 4 is 45.5 Å². The van der Waals surface area contributed by atoms with Crippen LogP contribution in [0.1, 0.15) is 76.0 Å². The van der Waals surface area contributed by atoms with E-state index in [1.165, 1.54) is 22.4 Å². The number of hydrogen-bond donors (Lipinski definition) is 2. The van der Waals surface area contributed by atoms with Gasteiger partial charge in [-0.3, -0.25) is 20.2 Å². The van der Waals surface area contributed by atoms with E-state index in [0.29, 0.717) is 46.2 Å². The molecule has 0 spiro atoms. The van der Waals surface area contributed by atoms with Crippen LogP contribution in [0.2, 0.25) is 0 Å². The number of aromatic nitrogens is 2. The summed E-state index contributed by atoms with van der Waals surface area (Å²) in [5.74, 6) is 0.564. The van der Waals surface area contributed by atoms with Gasteiger partial charge in [0, 0.05) is 23.5 Å². The third-order valence-corrected chi connectivity index (χ3v) is 9.98. The zero-order valence-corrected chi connectivity index (χ0v) is 32.8. The van der Waals surface area contributed by atoms with Crippen LogP contribution in [0.25, 0.3) is 11.8 Å². The highest BCUT2D eigenvalue weighted by Crippen LogP contribution is 2.27. The fourth-order valence-electron chi connectivity index (χ4n) is 5.73. The number of amidine groups is 1. The summed E-state index contributed by atoms with van der Waals surface area (Å²) < 4.78 is 39.2. The standard InChI is InChI=1S/C41H50N6O6S/c1-10-38-30(4)37(26-47(38)54(50,51)36-19-15-12-16-20-36)31(5)44-32(6)43-28(2)23-29(3)46(40(49)53-41(7,8)9)25-35-22-21-34(24-42-35)45-39(48)52-27-33-17-13-11-14-18-33/h10-22,24,26,28-29H,1,5,23,25,27H2,2-4,6-9H3,(H,43,44)(H,45,48). The van der Waals surface area contributed by atoms with Crippen molar-refractivity contribution in [2.24, 2.45) is 4.99 Å². The average molecular weight is 755 g/mol. The monoisotopic (exact) mass is 754 g/mol. The largest absolute Gasteiger partial charge is 0.444 e. The lowest BCUT2D eigenvalue weighted by Crippen LogP contribution is -2.43. The van der Waals surface area contributed by atoms with Crippen LogP contribution in [0, 0.1) is 6.92 Å². The number of aliphatic imine (C=N–C) groups is 1. The summed E-state index contributed by atoms with van der Waals surface area (Å²) in [5.41, 5.74) is 3.42. The highest BCUT2D eigenvalue weighted by molar-refractivity contribution is 7.90. The lowest BCUT2D eigenvalue weighted by Gasteiger charge is -2.32. The van der Waals surface area contributed by atoms with Gasteiger partial charge >= 0.3 is 12.2 Å². The first-order chi connectivity index (χ1) is 25.5. The number of hydrogen-bond acceptors (Lipinski definition) is 8. The molecule has 0 aliphatic carbocycles. The number of nitrogens with one attached hydrogen (secondary N) is 2. The number of carbonyl (C=O) groups is 2. The molecule has 2 aromatic carbocycles. The van der Waals surface area contributed by atoms with Gasteiger partial charge in [-0.05, 0) is 96.4 Å². The van der Waals surface area contributed by atoms with E-state index >= 15 is 0 Å². The zero-order valence-electron chi connectivity index (χ0n) is 32.0. The van der Waals surface area contributed by atoms with Gasteiger partial charge in [-0.25, -0.2) is 22.0 Å². The highest BCUT2D eigenvalue weighted by Gasteiger charge is 2.28. The van der Waals surface area contributed by atoms with Gasteiger partial charge in [0.15, 0.2) is 0 Å². The Morgan fingerprint density at radius 2 is 1.69 bits per heavy atom. The van der Waals surface area contributed by atoms with Gasteiger partial charge < -0.3 is 14.8 Å². The van der Waals surface area contributed by atoms with E-state index in [4.69, 9.17) is 14.5 Å². The maximum Gasteiger partial charge on any atom is 0.412 e. The number of benzene rings is 2. The fourth-order valence-corrected chi connectivity index (χ4v) is 7.17. The van der Waals surface area contributed by atoms with Crippen LogP contribution in [-0.2, 0) is 32.6 Å². The van der Waals surface area contributed by atoms with Gasteiger partial charge in [0.05, 0.1) is 46.6 Å². The SMILES string of the molecule is C=Cc1c(C)c(C(=C)NC(C)=NC(C)CC(C)N(Cc2ccc(NC(=O)OCc3ccccc3)cn2)C(=O)OC(C)(C)C)cn1S(=O)(=O)c1ccccc1. The minimum absolute atomic E-state index is 0.139. The van der Waals surface area contributed by atoms with Crippen LogP contribution < -0.4 is 10.6 Å². The molecule has 4 rings (SSSR count). The second-order valence-corrected chi connectivity index (χ2v) is 15.8. The first kappa shape index (κ1) is 41.1. The number of rotatable bonds is 14. The van der Waals surface area contributed by atoms with E-state index < -0.39 is 27.8 Å². The summed E-state index contributed by atoms with van der Waals surface area (Å²) >= 11 is 0. The predicted molar refractivity (Wildman–Crippen MR) is 213 cm³/mol. The number of pyridine rings is 1. The number of carbonyl (C=O) groups excluding carboxylic acids is 2. The van der Waals surface area contributed by atoms with Crippen LogP contribution in [-0.4, -0.2) is 58.0 Å². The van der Waals surface area contributed by atoms with Crippen molar-refractivity contribution in [1.29, 1.82) is 0 Å². The number of nitrogens with zero attached hydrogens (tertiary/aromatic N) is 4. The van der Waals surface area contributed by atoms with Crippen LogP contribution in [0.4, 0.5) is 15.3 Å². The molecule has 286 valence electrons. The van der Waals surface area contributed by atoms with E-state index in [-0.39, 0.29) is 30.1 Å². The number of ether oxygens (including phenoxy) is 2. The smallest absolute Gasteiger partial charge is 0.412 e. The molecule has 2 N–H and O–H groups in total. The summed E-state index contributed by atoms with van der Waals surface area (Å²) in [6.07, 6.45) is 3.95. The molecule has 13 heteroatoms. The Kier molecular flexibility index (Phi) is 13.6. The molecule has 54 heavy (non-hydrogen) atoms. The maximum atomic E-state index is 13.5. The Hall–Kier alpha value is -5.69. The minimum Gasteiger partial charge on any atom is -0.444 e. The maximum absolute atomic E-state index is 13.5. The van der Waals surface area contributed by atoms with Crippen molar-refractivity contribution in [3.63, 3.8) is 0 Å². The molecule has 2 atom stereocenters. The van der Waals surface area contributed by atoms with E-state index in [1.807, 2.05) is 71.9 Å². The molecule has 0 bridgehead atoms. The fraction of sp³-hybridized carbons (Fsp3) is 0.317. The lowest BCUT2D eigenvalue weighted by atomic mass is 10.1. The molecule has 0 fully saturated rings. The Morgan fingerprint density at radius 1 is 1.04 bits per heavy atom. The third kappa shape index (κ3) is 11.2. The molecular weight excluding hydrogens is 705 g/mol. The van der Waals surface area contributed by atoms with E-state index in [9.17, 15) is 18.0 Å². The van der Waals surface area contributed by atoms with Gasteiger partial charge in [-0.2, -0.15) is 0 Å². The van der Waals surface area contributed by atoms with Crippen LogP contribution in [0.5, 0.6) is 0 Å². The molecule has 2 amide bonds. The summed E-state index contributed by atoms with van der Waals surface area (Å²) in [5, 5.41) is 5.89. The van der Waals surface area contributed by atoms with Crippen molar-refractivity contribution in [1.82, 2.24) is 19.2 Å². The Bertz CT molecular complexity index is 2070. The van der Waals surface area contributed by atoms with Crippen molar-refractivity contribution in [3.8, 4) is 0 Å². The van der Waals surface area contributed by atoms with Crippen molar-refractivity contribution in [3.05, 3.63) is 126 Å². The molecule has 2 aromatic heterocycles. The zero-order chi connectivity index (χ0) is 39.6. The second-order valence-electron chi connectivity index (χ2n) is 14.0. The van der Waals surface area contributed by atoms with Crippen molar-refractivity contribution in [2.45, 2.75) is 90.6 Å². The second kappa shape index (κ2) is 17.9. The van der Waals surface area contributed by atoms with Crippen LogP contribution in [0.3, 0.4) is 0 Å². The lowest BCUT2D eigenvalue weighted by molar-refractivity contribution is 0.0141. The average Bonchev–Trinajstić information content (AvgIpc) is 3.47. The van der Waals surface area contributed by atoms with E-state index in [2.05, 4.69) is 28.8 Å². The quantitative estimate of drug-likeness (QED) is 0.0965. The molecular formula is C41H50N6O6S. The number of anilines is 1. The van der Waals surface area contributed by atoms with Crippen LogP contribution in [0.15, 0.2) is 108 Å².